The van der Waals surface area contributed by atoms with Crippen molar-refractivity contribution in [3.8, 4) is 0 Å². The molecule has 2 N–H and O–H groups in total. The fraction of sp³-hybridized carbons (Fsp3) is 0.550. The van der Waals surface area contributed by atoms with Crippen molar-refractivity contribution in [3.05, 3.63) is 48.0 Å². The second kappa shape index (κ2) is 8.83. The van der Waals surface area contributed by atoms with Gasteiger partial charge in [-0.05, 0) is 35.8 Å². The summed E-state index contributed by atoms with van der Waals surface area (Å²) >= 11 is 0. The molecule has 0 unspecified atom stereocenters. The molecule has 6 heteroatoms. The van der Waals surface area contributed by atoms with E-state index in [9.17, 15) is 0 Å². The molecular formula is C20H30N6. The van der Waals surface area contributed by atoms with Gasteiger partial charge >= 0.3 is 0 Å². The fourth-order valence-corrected chi connectivity index (χ4v) is 3.80. The van der Waals surface area contributed by atoms with Gasteiger partial charge in [0.25, 0.3) is 0 Å². The van der Waals surface area contributed by atoms with Crippen LogP contribution in [-0.4, -0.2) is 34.3 Å². The normalized spacial score (nSPS) is 16.6. The smallest absolute Gasteiger partial charge is 0.191 e. The molecule has 140 valence electrons. The molecule has 2 aromatic rings. The molecule has 6 nitrogen and oxygen atoms in total. The molecule has 1 aromatic carbocycles. The van der Waals surface area contributed by atoms with Gasteiger partial charge in [0.1, 0.15) is 12.7 Å². The van der Waals surface area contributed by atoms with Crippen molar-refractivity contribution in [3.63, 3.8) is 0 Å². The first-order chi connectivity index (χ1) is 12.7. The second-order valence-electron chi connectivity index (χ2n) is 7.25. The molecule has 0 radical (unpaired) electrons. The van der Waals surface area contributed by atoms with Gasteiger partial charge in [-0.25, -0.2) is 9.67 Å². The average molecular weight is 355 g/mol. The molecule has 0 bridgehead atoms. The maximum Gasteiger partial charge on any atom is 0.191 e. The lowest BCUT2D eigenvalue weighted by Gasteiger charge is -2.28. The Bertz CT molecular complexity index is 701. The van der Waals surface area contributed by atoms with E-state index in [0.29, 0.717) is 5.41 Å². The minimum Gasteiger partial charge on any atom is -0.356 e. The predicted octanol–water partition coefficient (Wildman–Crippen LogP) is 2.96. The summed E-state index contributed by atoms with van der Waals surface area (Å²) in [5.74, 6) is 0.881. The Labute approximate surface area is 156 Å². The summed E-state index contributed by atoms with van der Waals surface area (Å²) < 4.78 is 1.83. The third-order valence-corrected chi connectivity index (χ3v) is 5.53. The van der Waals surface area contributed by atoms with E-state index in [1.165, 1.54) is 43.2 Å². The van der Waals surface area contributed by atoms with Gasteiger partial charge < -0.3 is 10.6 Å². The van der Waals surface area contributed by atoms with Gasteiger partial charge in [0.2, 0.25) is 0 Å². The fourth-order valence-electron chi connectivity index (χ4n) is 3.80. The highest BCUT2D eigenvalue weighted by Gasteiger charge is 2.31. The number of rotatable bonds is 7. The lowest BCUT2D eigenvalue weighted by atomic mass is 9.83. The van der Waals surface area contributed by atoms with Crippen molar-refractivity contribution in [2.24, 2.45) is 10.4 Å². The number of benzene rings is 1. The van der Waals surface area contributed by atoms with Crippen LogP contribution in [0.2, 0.25) is 0 Å². The van der Waals surface area contributed by atoms with Gasteiger partial charge in [-0.1, -0.05) is 44.0 Å². The van der Waals surface area contributed by atoms with Crippen LogP contribution in [0.15, 0.2) is 41.9 Å². The molecule has 26 heavy (non-hydrogen) atoms. The largest absolute Gasteiger partial charge is 0.356 e. The Kier molecular flexibility index (Phi) is 6.26. The Balaban J connectivity index is 1.52. The van der Waals surface area contributed by atoms with E-state index in [1.54, 1.807) is 12.7 Å². The highest BCUT2D eigenvalue weighted by molar-refractivity contribution is 5.79. The van der Waals surface area contributed by atoms with Crippen LogP contribution in [0.5, 0.6) is 0 Å². The summed E-state index contributed by atoms with van der Waals surface area (Å²) in [6, 6.07) is 8.54. The molecule has 1 heterocycles. The molecule has 0 aliphatic heterocycles. The molecule has 1 aliphatic rings. The van der Waals surface area contributed by atoms with E-state index in [-0.39, 0.29) is 0 Å². The van der Waals surface area contributed by atoms with Crippen molar-refractivity contribution >= 4 is 5.96 Å². The highest BCUT2D eigenvalue weighted by Crippen LogP contribution is 2.40. The first kappa shape index (κ1) is 18.4. The van der Waals surface area contributed by atoms with E-state index in [1.807, 2.05) is 11.7 Å². The summed E-state index contributed by atoms with van der Waals surface area (Å²) in [6.45, 7) is 4.81. The van der Waals surface area contributed by atoms with E-state index in [0.717, 1.165) is 25.6 Å². The van der Waals surface area contributed by atoms with Crippen LogP contribution in [0.3, 0.4) is 0 Å². The molecule has 3 rings (SSSR count). The molecule has 1 saturated carbocycles. The van der Waals surface area contributed by atoms with Crippen LogP contribution in [-0.2, 0) is 13.1 Å². The summed E-state index contributed by atoms with van der Waals surface area (Å²) in [7, 11) is 1.84. The zero-order chi connectivity index (χ0) is 18.2. The molecule has 1 aliphatic carbocycles. The number of hydrogen-bond acceptors (Lipinski definition) is 3. The van der Waals surface area contributed by atoms with Gasteiger partial charge in [0, 0.05) is 20.1 Å². The number of aliphatic imine (C=N–C) groups is 1. The number of guanidine groups is 1. The predicted molar refractivity (Wildman–Crippen MR) is 105 cm³/mol. The molecular weight excluding hydrogens is 324 g/mol. The summed E-state index contributed by atoms with van der Waals surface area (Å²) in [5.41, 5.74) is 2.90. The van der Waals surface area contributed by atoms with Gasteiger partial charge in [-0.15, -0.1) is 0 Å². The Morgan fingerprint density at radius 1 is 1.23 bits per heavy atom. The molecule has 0 amide bonds. The van der Waals surface area contributed by atoms with Gasteiger partial charge in [0.15, 0.2) is 5.96 Å². The number of nitrogens with zero attached hydrogens (tertiary/aromatic N) is 4. The van der Waals surface area contributed by atoms with Crippen molar-refractivity contribution in [1.29, 1.82) is 0 Å². The van der Waals surface area contributed by atoms with Crippen LogP contribution in [0.25, 0.3) is 0 Å². The van der Waals surface area contributed by atoms with Gasteiger partial charge in [0.05, 0.1) is 6.54 Å². The lowest BCUT2D eigenvalue weighted by molar-refractivity contribution is 0.283. The first-order valence-corrected chi connectivity index (χ1v) is 9.58. The zero-order valence-electron chi connectivity index (χ0n) is 15.9. The Morgan fingerprint density at radius 3 is 2.73 bits per heavy atom. The molecule has 0 spiro atoms. The molecule has 1 aromatic heterocycles. The lowest BCUT2D eigenvalue weighted by Crippen LogP contribution is -2.42. The van der Waals surface area contributed by atoms with Gasteiger partial charge in [-0.2, -0.15) is 5.10 Å². The van der Waals surface area contributed by atoms with Crippen LogP contribution in [0, 0.1) is 5.41 Å². The highest BCUT2D eigenvalue weighted by atomic mass is 15.3. The minimum absolute atomic E-state index is 0.454. The van der Waals surface area contributed by atoms with E-state index in [2.05, 4.69) is 56.9 Å². The Morgan fingerprint density at radius 2 is 2.04 bits per heavy atom. The third kappa shape index (κ3) is 4.84. The van der Waals surface area contributed by atoms with Crippen molar-refractivity contribution < 1.29 is 0 Å². The van der Waals surface area contributed by atoms with Crippen molar-refractivity contribution in [2.75, 3.05) is 13.6 Å². The number of aromatic nitrogens is 3. The van der Waals surface area contributed by atoms with Crippen LogP contribution in [0.1, 0.15) is 50.2 Å². The SMILES string of the molecule is CCC1(CNC(=NC)NCc2cccc(Cn3cncn3)c2)CCCC1. The number of nitrogens with one attached hydrogen (secondary N) is 2. The molecule has 0 saturated heterocycles. The topological polar surface area (TPSA) is 67.1 Å². The van der Waals surface area contributed by atoms with Crippen LogP contribution in [0.4, 0.5) is 0 Å². The van der Waals surface area contributed by atoms with Gasteiger partial charge in [-0.3, -0.25) is 4.99 Å². The van der Waals surface area contributed by atoms with Crippen LogP contribution < -0.4 is 10.6 Å². The monoisotopic (exact) mass is 354 g/mol. The standard InChI is InChI=1S/C20H30N6/c1-3-20(9-4-5-10-20)14-24-19(21-2)23-12-17-7-6-8-18(11-17)13-26-16-22-15-25-26/h6-8,11,15-16H,3-5,9-10,12-14H2,1-2H3,(H2,21,23,24). The second-order valence-corrected chi connectivity index (χ2v) is 7.25. The maximum absolute atomic E-state index is 4.38. The van der Waals surface area contributed by atoms with E-state index in [4.69, 9.17) is 0 Å². The average Bonchev–Trinajstić information content (AvgIpc) is 3.35. The third-order valence-electron chi connectivity index (χ3n) is 5.53. The van der Waals surface area contributed by atoms with Crippen molar-refractivity contribution in [2.45, 2.75) is 52.1 Å². The zero-order valence-corrected chi connectivity index (χ0v) is 15.9. The molecule has 1 fully saturated rings. The van der Waals surface area contributed by atoms with E-state index < -0.39 is 0 Å². The Hall–Kier alpha value is -2.37. The molecule has 0 atom stereocenters. The summed E-state index contributed by atoms with van der Waals surface area (Å²) in [4.78, 5) is 8.38. The summed E-state index contributed by atoms with van der Waals surface area (Å²) in [6.07, 6.45) is 9.93. The quantitative estimate of drug-likeness (QED) is 0.593. The van der Waals surface area contributed by atoms with Crippen LogP contribution >= 0.6 is 0 Å². The minimum atomic E-state index is 0.454. The van der Waals surface area contributed by atoms with E-state index >= 15 is 0 Å². The first-order valence-electron chi connectivity index (χ1n) is 9.58. The summed E-state index contributed by atoms with van der Waals surface area (Å²) in [5, 5.41) is 11.1. The number of hydrogen-bond donors (Lipinski definition) is 2. The van der Waals surface area contributed by atoms with Crippen molar-refractivity contribution in [1.82, 2.24) is 25.4 Å². The maximum atomic E-state index is 4.38.